The van der Waals surface area contributed by atoms with Crippen LogP contribution in [0.1, 0.15) is 19.0 Å². The maximum absolute atomic E-state index is 13.8. The summed E-state index contributed by atoms with van der Waals surface area (Å²) < 4.78 is 13.8. The number of nitrogens with one attached hydrogen (secondary N) is 1. The highest BCUT2D eigenvalue weighted by atomic mass is 35.5. The van der Waals surface area contributed by atoms with Crippen LogP contribution in [0.5, 0.6) is 0 Å². The molecule has 1 N–H and O–H groups in total. The van der Waals surface area contributed by atoms with Crippen LogP contribution in [0.2, 0.25) is 5.02 Å². The molecule has 0 saturated carbocycles. The summed E-state index contributed by atoms with van der Waals surface area (Å²) in [5, 5.41) is 4.15. The van der Waals surface area contributed by atoms with Crippen molar-refractivity contribution in [1.82, 2.24) is 4.98 Å². The number of fused-ring (bicyclic) bond motifs is 1. The number of benzene rings is 1. The number of hydrogen-bond acceptors (Lipinski definition) is 2. The van der Waals surface area contributed by atoms with Gasteiger partial charge in [0.05, 0.1) is 15.9 Å². The van der Waals surface area contributed by atoms with Gasteiger partial charge < -0.3 is 5.32 Å². The molecule has 0 unspecified atom stereocenters. The van der Waals surface area contributed by atoms with Crippen molar-refractivity contribution in [3.63, 3.8) is 0 Å². The summed E-state index contributed by atoms with van der Waals surface area (Å²) in [5.41, 5.74) is 2.10. The van der Waals surface area contributed by atoms with E-state index >= 15 is 0 Å². The summed E-state index contributed by atoms with van der Waals surface area (Å²) in [6.07, 6.45) is 0.977. The lowest BCUT2D eigenvalue weighted by Gasteiger charge is -2.11. The van der Waals surface area contributed by atoms with Crippen molar-refractivity contribution in [3.8, 4) is 0 Å². The third-order valence-electron chi connectivity index (χ3n) is 2.55. The van der Waals surface area contributed by atoms with Gasteiger partial charge in [-0.3, -0.25) is 4.98 Å². The number of pyridine rings is 1. The molecule has 2 nitrogen and oxygen atoms in total. The summed E-state index contributed by atoms with van der Waals surface area (Å²) in [5.74, 6) is -0.296. The third-order valence-corrected chi connectivity index (χ3v) is 2.86. The molecule has 0 aliphatic carbocycles. The van der Waals surface area contributed by atoms with Gasteiger partial charge in [-0.2, -0.15) is 0 Å². The summed E-state index contributed by atoms with van der Waals surface area (Å²) in [6, 6.07) is 4.76. The lowest BCUT2D eigenvalue weighted by Crippen LogP contribution is -2.02. The van der Waals surface area contributed by atoms with Crippen molar-refractivity contribution < 1.29 is 4.39 Å². The fraction of sp³-hybridized carbons (Fsp3) is 0.308. The van der Waals surface area contributed by atoms with E-state index in [9.17, 15) is 4.39 Å². The number of halogens is 2. The molecule has 90 valence electrons. The van der Waals surface area contributed by atoms with Gasteiger partial charge in [0.1, 0.15) is 5.82 Å². The molecule has 2 rings (SSSR count). The lowest BCUT2D eigenvalue weighted by molar-refractivity contribution is 0.639. The smallest absolute Gasteiger partial charge is 0.134 e. The van der Waals surface area contributed by atoms with E-state index in [0.29, 0.717) is 15.9 Å². The standard InChI is InChI=1S/C13H14ClFN2/c1-3-6-16-11-7-8(2)17-13-9(14)4-5-10(15)12(11)13/h4-5,7H,3,6H2,1-2H3,(H,16,17). The fourth-order valence-corrected chi connectivity index (χ4v) is 2.00. The zero-order valence-corrected chi connectivity index (χ0v) is 10.6. The highest BCUT2D eigenvalue weighted by molar-refractivity contribution is 6.35. The Morgan fingerprint density at radius 3 is 2.88 bits per heavy atom. The Hall–Kier alpha value is -1.35. The van der Waals surface area contributed by atoms with Crippen molar-refractivity contribution in [2.45, 2.75) is 20.3 Å². The number of aromatic nitrogens is 1. The van der Waals surface area contributed by atoms with E-state index in [2.05, 4.69) is 17.2 Å². The van der Waals surface area contributed by atoms with Crippen molar-refractivity contribution >= 4 is 28.2 Å². The molecule has 4 heteroatoms. The summed E-state index contributed by atoms with van der Waals surface area (Å²) in [7, 11) is 0. The van der Waals surface area contributed by atoms with Gasteiger partial charge in [-0.1, -0.05) is 18.5 Å². The molecule has 1 aromatic heterocycles. The van der Waals surface area contributed by atoms with Crippen molar-refractivity contribution in [2.75, 3.05) is 11.9 Å². The van der Waals surface area contributed by atoms with Gasteiger partial charge in [0, 0.05) is 17.9 Å². The predicted molar refractivity (Wildman–Crippen MR) is 70.2 cm³/mol. The first-order valence-corrected chi connectivity index (χ1v) is 6.00. The fourth-order valence-electron chi connectivity index (χ4n) is 1.80. The minimum absolute atomic E-state index is 0.296. The molecule has 0 amide bonds. The summed E-state index contributed by atoms with van der Waals surface area (Å²) in [4.78, 5) is 4.29. The van der Waals surface area contributed by atoms with Gasteiger partial charge in [-0.25, -0.2) is 4.39 Å². The Bertz CT molecular complexity index is 555. The molecular formula is C13H14ClFN2. The van der Waals surface area contributed by atoms with Gasteiger partial charge in [0.25, 0.3) is 0 Å². The Labute approximate surface area is 105 Å². The normalized spacial score (nSPS) is 10.8. The maximum Gasteiger partial charge on any atom is 0.134 e. The van der Waals surface area contributed by atoms with Crippen LogP contribution >= 0.6 is 11.6 Å². The number of nitrogens with zero attached hydrogens (tertiary/aromatic N) is 1. The molecule has 1 heterocycles. The van der Waals surface area contributed by atoms with E-state index in [1.807, 2.05) is 13.0 Å². The van der Waals surface area contributed by atoms with Crippen LogP contribution in [-0.2, 0) is 0 Å². The van der Waals surface area contributed by atoms with E-state index in [1.54, 1.807) is 0 Å². The first-order chi connectivity index (χ1) is 8.13. The Morgan fingerprint density at radius 2 is 2.18 bits per heavy atom. The molecule has 17 heavy (non-hydrogen) atoms. The highest BCUT2D eigenvalue weighted by Crippen LogP contribution is 2.30. The van der Waals surface area contributed by atoms with Gasteiger partial charge in [0.15, 0.2) is 0 Å². The first-order valence-electron chi connectivity index (χ1n) is 5.62. The number of anilines is 1. The Kier molecular flexibility index (Phi) is 3.48. The Morgan fingerprint density at radius 1 is 1.41 bits per heavy atom. The van der Waals surface area contributed by atoms with Crippen LogP contribution in [0.25, 0.3) is 10.9 Å². The number of hydrogen-bond donors (Lipinski definition) is 1. The molecule has 0 aliphatic rings. The predicted octanol–water partition coefficient (Wildman–Crippen LogP) is 4.16. The van der Waals surface area contributed by atoms with Crippen molar-refractivity contribution in [2.24, 2.45) is 0 Å². The summed E-state index contributed by atoms with van der Waals surface area (Å²) in [6.45, 7) is 4.73. The van der Waals surface area contributed by atoms with Crippen LogP contribution < -0.4 is 5.32 Å². The van der Waals surface area contributed by atoms with Crippen LogP contribution in [-0.4, -0.2) is 11.5 Å². The third kappa shape index (κ3) is 2.34. The van der Waals surface area contributed by atoms with Gasteiger partial charge in [-0.05, 0) is 31.5 Å². The maximum atomic E-state index is 13.8. The lowest BCUT2D eigenvalue weighted by atomic mass is 10.1. The second-order valence-corrected chi connectivity index (χ2v) is 4.40. The molecule has 2 aromatic rings. The van der Waals surface area contributed by atoms with E-state index in [4.69, 9.17) is 11.6 Å². The monoisotopic (exact) mass is 252 g/mol. The van der Waals surface area contributed by atoms with E-state index in [1.165, 1.54) is 12.1 Å². The topological polar surface area (TPSA) is 24.9 Å². The van der Waals surface area contributed by atoms with Crippen LogP contribution in [0.4, 0.5) is 10.1 Å². The Balaban J connectivity index is 2.68. The highest BCUT2D eigenvalue weighted by Gasteiger charge is 2.11. The second-order valence-electron chi connectivity index (χ2n) is 3.99. The van der Waals surface area contributed by atoms with Gasteiger partial charge in [-0.15, -0.1) is 0 Å². The van der Waals surface area contributed by atoms with Crippen LogP contribution in [0.15, 0.2) is 18.2 Å². The van der Waals surface area contributed by atoms with Crippen molar-refractivity contribution in [1.29, 1.82) is 0 Å². The molecule has 0 aliphatic heterocycles. The average molecular weight is 253 g/mol. The zero-order valence-electron chi connectivity index (χ0n) is 9.85. The molecule has 0 atom stereocenters. The molecular weight excluding hydrogens is 239 g/mol. The van der Waals surface area contributed by atoms with Gasteiger partial charge >= 0.3 is 0 Å². The quantitative estimate of drug-likeness (QED) is 0.887. The SMILES string of the molecule is CCCNc1cc(C)nc2c(Cl)ccc(F)c12. The minimum atomic E-state index is -0.296. The van der Waals surface area contributed by atoms with Crippen LogP contribution in [0.3, 0.4) is 0 Å². The zero-order chi connectivity index (χ0) is 12.4. The minimum Gasteiger partial charge on any atom is -0.384 e. The first kappa shape index (κ1) is 12.1. The molecule has 0 bridgehead atoms. The molecule has 1 aromatic carbocycles. The average Bonchev–Trinajstić information content (AvgIpc) is 2.30. The number of aryl methyl sites for hydroxylation is 1. The van der Waals surface area contributed by atoms with E-state index < -0.39 is 0 Å². The van der Waals surface area contributed by atoms with E-state index in [-0.39, 0.29) is 5.82 Å². The number of rotatable bonds is 3. The summed E-state index contributed by atoms with van der Waals surface area (Å²) >= 11 is 6.05. The second kappa shape index (κ2) is 4.88. The van der Waals surface area contributed by atoms with Crippen LogP contribution in [0, 0.1) is 12.7 Å². The molecule has 0 spiro atoms. The molecule has 0 radical (unpaired) electrons. The molecule has 0 saturated heterocycles. The molecule has 0 fully saturated rings. The van der Waals surface area contributed by atoms with Crippen molar-refractivity contribution in [3.05, 3.63) is 34.7 Å². The van der Waals surface area contributed by atoms with E-state index in [0.717, 1.165) is 24.3 Å². The largest absolute Gasteiger partial charge is 0.384 e. The van der Waals surface area contributed by atoms with Gasteiger partial charge in [0.2, 0.25) is 0 Å².